The summed E-state index contributed by atoms with van der Waals surface area (Å²) in [5, 5.41) is 10.5. The number of likely N-dealkylation sites (tertiary alicyclic amines) is 1. The minimum absolute atomic E-state index is 0.0434. The van der Waals surface area contributed by atoms with Crippen LogP contribution in [0.3, 0.4) is 0 Å². The van der Waals surface area contributed by atoms with Crippen molar-refractivity contribution in [3.05, 3.63) is 88.2 Å². The first-order chi connectivity index (χ1) is 25.4. The van der Waals surface area contributed by atoms with Gasteiger partial charge in [0, 0.05) is 43.9 Å². The highest BCUT2D eigenvalue weighted by molar-refractivity contribution is 7.89. The number of carboxylic acid groups (broad SMARTS) is 1. The van der Waals surface area contributed by atoms with Crippen molar-refractivity contribution in [3.8, 4) is 0 Å². The number of amides is 2. The molecule has 2 N–H and O–H groups in total. The molecule has 2 fully saturated rings. The third-order valence-electron chi connectivity index (χ3n) is 9.34. The number of sulfonamides is 1. The fourth-order valence-corrected chi connectivity index (χ4v) is 8.23. The largest absolute Gasteiger partial charge is 0.490 e. The molecular formula is C37H42Cl2F4N4O6S. The molecule has 0 unspecified atom stereocenters. The molecule has 0 spiro atoms. The van der Waals surface area contributed by atoms with Gasteiger partial charge in [-0.2, -0.15) is 17.5 Å². The molecular weight excluding hydrogens is 775 g/mol. The van der Waals surface area contributed by atoms with E-state index in [-0.39, 0.29) is 41.5 Å². The zero-order valence-corrected chi connectivity index (χ0v) is 31.8. The predicted octanol–water partition coefficient (Wildman–Crippen LogP) is 7.50. The number of rotatable bonds is 11. The molecule has 2 aliphatic heterocycles. The summed E-state index contributed by atoms with van der Waals surface area (Å²) in [6.07, 6.45) is -0.389. The van der Waals surface area contributed by atoms with Crippen molar-refractivity contribution in [3.63, 3.8) is 0 Å². The van der Waals surface area contributed by atoms with Gasteiger partial charge >= 0.3 is 12.1 Å². The molecule has 0 aromatic heterocycles. The van der Waals surface area contributed by atoms with Gasteiger partial charge < -0.3 is 20.2 Å². The van der Waals surface area contributed by atoms with Crippen LogP contribution in [0.1, 0.15) is 44.6 Å². The van der Waals surface area contributed by atoms with E-state index in [1.165, 1.54) is 41.1 Å². The van der Waals surface area contributed by atoms with Gasteiger partial charge in [-0.3, -0.25) is 9.59 Å². The molecule has 2 aliphatic rings. The Bertz CT molecular complexity index is 1850. The summed E-state index contributed by atoms with van der Waals surface area (Å²) in [6.45, 7) is 5.17. The fraction of sp³-hybridized carbons (Fsp3) is 0.432. The topological polar surface area (TPSA) is 127 Å². The molecule has 5 rings (SSSR count). The number of halogens is 6. The maximum absolute atomic E-state index is 14.0. The Labute approximate surface area is 322 Å². The Kier molecular flexibility index (Phi) is 15.3. The minimum atomic E-state index is -5.08. The number of nitrogens with one attached hydrogen (secondary N) is 1. The number of aliphatic carboxylic acids is 1. The second-order valence-electron chi connectivity index (χ2n) is 13.2. The molecule has 0 aliphatic carbocycles. The second-order valence-corrected chi connectivity index (χ2v) is 16.0. The summed E-state index contributed by atoms with van der Waals surface area (Å²) in [5.74, 6) is -3.00. The first-order valence-corrected chi connectivity index (χ1v) is 19.5. The van der Waals surface area contributed by atoms with E-state index in [4.69, 9.17) is 33.1 Å². The van der Waals surface area contributed by atoms with E-state index in [0.717, 1.165) is 45.3 Å². The zero-order valence-electron chi connectivity index (χ0n) is 29.5. The van der Waals surface area contributed by atoms with E-state index >= 15 is 0 Å². The lowest BCUT2D eigenvalue weighted by Crippen LogP contribution is -2.45. The molecule has 0 atom stereocenters. The second kappa shape index (κ2) is 19.2. The Morgan fingerprint density at radius 3 is 2.02 bits per heavy atom. The Morgan fingerprint density at radius 2 is 1.48 bits per heavy atom. The smallest absolute Gasteiger partial charge is 0.475 e. The van der Waals surface area contributed by atoms with Crippen LogP contribution in [-0.2, 0) is 30.8 Å². The first-order valence-electron chi connectivity index (χ1n) is 17.3. The summed E-state index contributed by atoms with van der Waals surface area (Å²) in [4.78, 5) is 38.5. The number of benzene rings is 3. The number of carboxylic acids is 1. The van der Waals surface area contributed by atoms with Crippen molar-refractivity contribution in [1.29, 1.82) is 0 Å². The van der Waals surface area contributed by atoms with Crippen LogP contribution in [0.4, 0.5) is 28.9 Å². The lowest BCUT2D eigenvalue weighted by molar-refractivity contribution is -0.192. The van der Waals surface area contributed by atoms with Gasteiger partial charge in [0.1, 0.15) is 5.82 Å². The number of nitrogens with zero attached hydrogens (tertiary/aromatic N) is 3. The van der Waals surface area contributed by atoms with Crippen molar-refractivity contribution < 1.29 is 45.5 Å². The van der Waals surface area contributed by atoms with Crippen LogP contribution in [-0.4, -0.2) is 86.0 Å². The summed E-state index contributed by atoms with van der Waals surface area (Å²) in [7, 11) is -3.75. The van der Waals surface area contributed by atoms with Crippen LogP contribution in [0, 0.1) is 17.7 Å². The number of alkyl halides is 3. The normalized spacial score (nSPS) is 16.3. The summed E-state index contributed by atoms with van der Waals surface area (Å²) >= 11 is 12.5. The van der Waals surface area contributed by atoms with E-state index in [2.05, 4.69) is 10.2 Å². The molecule has 2 amide bonds. The number of hydrogen-bond donors (Lipinski definition) is 2. The molecule has 2 saturated heterocycles. The lowest BCUT2D eigenvalue weighted by Gasteiger charge is -2.35. The van der Waals surface area contributed by atoms with Gasteiger partial charge in [0.2, 0.25) is 21.8 Å². The molecule has 0 saturated carbocycles. The van der Waals surface area contributed by atoms with Crippen molar-refractivity contribution in [2.45, 2.75) is 56.5 Å². The van der Waals surface area contributed by atoms with Crippen molar-refractivity contribution in [2.24, 2.45) is 11.8 Å². The Balaban J connectivity index is 0.000000845. The van der Waals surface area contributed by atoms with Crippen LogP contribution in [0.2, 0.25) is 10.0 Å². The van der Waals surface area contributed by atoms with Gasteiger partial charge in [-0.05, 0) is 124 Å². The average Bonchev–Trinajstić information content (AvgIpc) is 3.13. The number of piperidine rings is 2. The van der Waals surface area contributed by atoms with E-state index in [1.807, 2.05) is 12.1 Å². The molecule has 3 aromatic rings. The number of carbonyl (C=O) groups excluding carboxylic acids is 2. The SMILES string of the molecule is CC(=O)Nc1ccc(S(=O)(=O)N2CCC(C(=O)N(CCCN3CCC(Cc4ccc(F)cc4)CC3)c3ccc(Cl)c(Cl)c3)CC2)cc1.O=C(O)C(F)(F)F. The third kappa shape index (κ3) is 12.4. The van der Waals surface area contributed by atoms with Crippen LogP contribution in [0.5, 0.6) is 0 Å². The van der Waals surface area contributed by atoms with E-state index in [1.54, 1.807) is 35.2 Å². The summed E-state index contributed by atoms with van der Waals surface area (Å²) < 4.78 is 73.1. The van der Waals surface area contributed by atoms with Crippen LogP contribution in [0.15, 0.2) is 71.6 Å². The van der Waals surface area contributed by atoms with Gasteiger partial charge in [-0.1, -0.05) is 35.3 Å². The van der Waals surface area contributed by atoms with Gasteiger partial charge in [-0.15, -0.1) is 0 Å². The van der Waals surface area contributed by atoms with Gasteiger partial charge in [0.15, 0.2) is 0 Å². The molecule has 2 heterocycles. The maximum atomic E-state index is 14.0. The standard InChI is InChI=1S/C35H41Cl2FN4O4S.C2HF3O2/c1-25(43)39-30-7-10-32(11-8-30)47(45,46)41-21-15-28(16-22-41)35(44)42(31-9-12-33(36)34(37)24-31)18-2-17-40-19-13-27(14-20-40)23-26-3-5-29(38)6-4-26;3-2(4,5)1(6)7/h3-12,24,27-28H,2,13-23H2,1H3,(H,39,43);(H,6,7). The predicted molar refractivity (Wildman–Crippen MR) is 199 cm³/mol. The maximum Gasteiger partial charge on any atom is 0.490 e. The molecule has 3 aromatic carbocycles. The summed E-state index contributed by atoms with van der Waals surface area (Å²) in [5.41, 5.74) is 2.37. The average molecular weight is 818 g/mol. The fourth-order valence-electron chi connectivity index (χ4n) is 6.47. The molecule has 54 heavy (non-hydrogen) atoms. The van der Waals surface area contributed by atoms with E-state index in [0.29, 0.717) is 46.7 Å². The molecule has 294 valence electrons. The van der Waals surface area contributed by atoms with Gasteiger partial charge in [-0.25, -0.2) is 17.6 Å². The molecule has 0 radical (unpaired) electrons. The third-order valence-corrected chi connectivity index (χ3v) is 12.0. The van der Waals surface area contributed by atoms with E-state index in [9.17, 15) is 35.6 Å². The van der Waals surface area contributed by atoms with Crippen molar-refractivity contribution in [1.82, 2.24) is 9.21 Å². The van der Waals surface area contributed by atoms with Gasteiger partial charge in [0.05, 0.1) is 14.9 Å². The zero-order chi connectivity index (χ0) is 39.6. The minimum Gasteiger partial charge on any atom is -0.475 e. The van der Waals surface area contributed by atoms with Crippen LogP contribution >= 0.6 is 23.2 Å². The highest BCUT2D eigenvalue weighted by atomic mass is 35.5. The highest BCUT2D eigenvalue weighted by Gasteiger charge is 2.38. The van der Waals surface area contributed by atoms with Crippen LogP contribution < -0.4 is 10.2 Å². The van der Waals surface area contributed by atoms with Crippen molar-refractivity contribution in [2.75, 3.05) is 49.5 Å². The Hall–Kier alpha value is -3.76. The molecule has 0 bridgehead atoms. The van der Waals surface area contributed by atoms with Crippen LogP contribution in [0.25, 0.3) is 0 Å². The van der Waals surface area contributed by atoms with E-state index < -0.39 is 22.2 Å². The number of anilines is 2. The number of carbonyl (C=O) groups is 3. The molecule has 17 heteroatoms. The summed E-state index contributed by atoms with van der Waals surface area (Å²) in [6, 6.07) is 18.1. The monoisotopic (exact) mass is 816 g/mol. The van der Waals surface area contributed by atoms with Crippen molar-refractivity contribution >= 4 is 62.4 Å². The highest BCUT2D eigenvalue weighted by Crippen LogP contribution is 2.31. The molecule has 10 nitrogen and oxygen atoms in total. The van der Waals surface area contributed by atoms with Gasteiger partial charge in [0.25, 0.3) is 0 Å². The Morgan fingerprint density at radius 1 is 0.889 bits per heavy atom. The lowest BCUT2D eigenvalue weighted by atomic mass is 9.90. The first kappa shape index (κ1) is 43.0. The quantitative estimate of drug-likeness (QED) is 0.192. The number of hydrogen-bond acceptors (Lipinski definition) is 6.